The van der Waals surface area contributed by atoms with Gasteiger partial charge in [-0.3, -0.25) is 9.59 Å². The fourth-order valence-corrected chi connectivity index (χ4v) is 0.329. The highest BCUT2D eigenvalue weighted by Gasteiger charge is 2.12. The Morgan fingerprint density at radius 1 is 1.60 bits per heavy atom. The maximum absolute atomic E-state index is 10.1. The number of rotatable bonds is 4. The zero-order valence-electron chi connectivity index (χ0n) is 6.15. The van der Waals surface area contributed by atoms with Crippen LogP contribution < -0.4 is 5.73 Å². The molecule has 0 aliphatic carbocycles. The van der Waals surface area contributed by atoms with Gasteiger partial charge in [0.15, 0.2) is 0 Å². The molecule has 4 N–H and O–H groups in total. The van der Waals surface area contributed by atoms with Crippen LogP contribution in [-0.4, -0.2) is 28.2 Å². The summed E-state index contributed by atoms with van der Waals surface area (Å²) in [6.45, 7) is 0. The summed E-state index contributed by atoms with van der Waals surface area (Å²) in [6.07, 6.45) is -1.84. The first-order valence-electron chi connectivity index (χ1n) is 3.15. The minimum Gasteiger partial charge on any atom is -0.481 e. The second-order valence-corrected chi connectivity index (χ2v) is 1.70. The molecule has 0 aliphatic rings. The number of hydrogen-bond acceptors (Lipinski definition) is 3. The van der Waals surface area contributed by atoms with Crippen molar-refractivity contribution in [2.45, 2.75) is 18.9 Å². The van der Waals surface area contributed by atoms with E-state index in [4.69, 9.17) is 17.3 Å². The van der Waals surface area contributed by atoms with E-state index in [-0.39, 0.29) is 0 Å². The molecule has 0 aromatic carbocycles. The van der Waals surface area contributed by atoms with Crippen molar-refractivity contribution in [2.24, 2.45) is 5.73 Å². The Hall–Kier alpha value is -1.10. The van der Waals surface area contributed by atoms with Gasteiger partial charge < -0.3 is 15.9 Å². The highest BCUT2D eigenvalue weighted by Crippen LogP contribution is 1.93. The van der Waals surface area contributed by atoms with Gasteiger partial charge in [-0.25, -0.2) is 0 Å². The Labute approximate surface area is 58.9 Å². The molecule has 0 spiro atoms. The summed E-state index contributed by atoms with van der Waals surface area (Å²) in [5.41, 5.74) is 4.96. The Morgan fingerprint density at radius 2 is 2.10 bits per heavy atom. The van der Waals surface area contributed by atoms with Gasteiger partial charge in [0.05, 0.1) is 0 Å². The van der Waals surface area contributed by atoms with Crippen LogP contribution in [0.4, 0.5) is 0 Å². The first-order chi connectivity index (χ1) is 4.95. The molecule has 0 fully saturated rings. The third-order valence-electron chi connectivity index (χ3n) is 0.832. The van der Waals surface area contributed by atoms with Crippen molar-refractivity contribution >= 4 is 11.9 Å². The Bertz CT molecular complexity index is 172. The standard InChI is InChI=1S/C5H9NO4/c6-3(5(9)10)1-2-4(7)8/h3H,1-2,6H2,(H,7,8)(H,9,10)/t3-/m0/s1/i1D/t1?,3-. The molecule has 5 heteroatoms. The van der Waals surface area contributed by atoms with Crippen molar-refractivity contribution in [1.29, 1.82) is 0 Å². The Balaban J connectivity index is 3.92. The van der Waals surface area contributed by atoms with Gasteiger partial charge in [-0.2, -0.15) is 0 Å². The fraction of sp³-hybridized carbons (Fsp3) is 0.600. The average Bonchev–Trinajstić information content (AvgIpc) is 1.84. The molecule has 0 rings (SSSR count). The third-order valence-corrected chi connectivity index (χ3v) is 0.832. The van der Waals surface area contributed by atoms with Crippen LogP contribution in [0, 0.1) is 0 Å². The predicted molar refractivity (Wildman–Crippen MR) is 32.5 cm³/mol. The van der Waals surface area contributed by atoms with Crippen molar-refractivity contribution in [3.05, 3.63) is 0 Å². The molecule has 0 aliphatic heterocycles. The van der Waals surface area contributed by atoms with Gasteiger partial charge in [-0.05, 0) is 6.40 Å². The molecular weight excluding hydrogens is 138 g/mol. The third kappa shape index (κ3) is 3.85. The monoisotopic (exact) mass is 148 g/mol. The highest BCUT2D eigenvalue weighted by molar-refractivity contribution is 5.74. The van der Waals surface area contributed by atoms with E-state index < -0.39 is 30.8 Å². The smallest absolute Gasteiger partial charge is 0.320 e. The zero-order valence-corrected chi connectivity index (χ0v) is 5.15. The molecule has 2 atom stereocenters. The van der Waals surface area contributed by atoms with E-state index in [1.54, 1.807) is 0 Å². The molecular formula is C5H9NO4. The zero-order chi connectivity index (χ0) is 9.02. The molecule has 1 unspecified atom stereocenters. The largest absolute Gasteiger partial charge is 0.481 e. The van der Waals surface area contributed by atoms with Crippen molar-refractivity contribution < 1.29 is 21.2 Å². The van der Waals surface area contributed by atoms with Crippen LogP contribution in [0.25, 0.3) is 0 Å². The lowest BCUT2D eigenvalue weighted by Gasteiger charge is -2.01. The molecule has 0 saturated heterocycles. The minimum absolute atomic E-state index is 0.548. The van der Waals surface area contributed by atoms with Gasteiger partial charge in [0.25, 0.3) is 0 Å². The van der Waals surface area contributed by atoms with Gasteiger partial charge in [0.1, 0.15) is 6.04 Å². The molecule has 10 heavy (non-hydrogen) atoms. The summed E-state index contributed by atoms with van der Waals surface area (Å²) in [5, 5.41) is 16.4. The van der Waals surface area contributed by atoms with E-state index in [2.05, 4.69) is 0 Å². The number of nitrogens with two attached hydrogens (primary N) is 1. The van der Waals surface area contributed by atoms with E-state index in [1.165, 1.54) is 0 Å². The summed E-state index contributed by atoms with van der Waals surface area (Å²) >= 11 is 0. The van der Waals surface area contributed by atoms with Gasteiger partial charge >= 0.3 is 11.9 Å². The maximum atomic E-state index is 10.1. The van der Waals surface area contributed by atoms with E-state index >= 15 is 0 Å². The van der Waals surface area contributed by atoms with Crippen molar-refractivity contribution in [2.75, 3.05) is 0 Å². The van der Waals surface area contributed by atoms with Crippen molar-refractivity contribution in [3.8, 4) is 0 Å². The lowest BCUT2D eigenvalue weighted by atomic mass is 10.2. The second-order valence-electron chi connectivity index (χ2n) is 1.70. The quantitative estimate of drug-likeness (QED) is 0.487. The first-order valence-corrected chi connectivity index (χ1v) is 2.57. The van der Waals surface area contributed by atoms with Crippen LogP contribution in [0.2, 0.25) is 0 Å². The second kappa shape index (κ2) is 3.84. The molecule has 0 amide bonds. The van der Waals surface area contributed by atoms with Crippen LogP contribution in [0.5, 0.6) is 0 Å². The van der Waals surface area contributed by atoms with Crippen LogP contribution in [-0.2, 0) is 9.59 Å². The predicted octanol–water partition coefficient (Wildman–Crippen LogP) is -0.737. The number of aliphatic carboxylic acids is 2. The van der Waals surface area contributed by atoms with Crippen molar-refractivity contribution in [3.63, 3.8) is 0 Å². The summed E-state index contributed by atoms with van der Waals surface area (Å²) in [6, 6.07) is -1.42. The van der Waals surface area contributed by atoms with E-state index in [0.29, 0.717) is 0 Å². The normalized spacial score (nSPS) is 17.1. The van der Waals surface area contributed by atoms with E-state index in [0.717, 1.165) is 0 Å². The lowest BCUT2D eigenvalue weighted by Crippen LogP contribution is -2.30. The Morgan fingerprint density at radius 3 is 2.40 bits per heavy atom. The number of hydrogen-bond donors (Lipinski definition) is 3. The Kier molecular flexibility index (Phi) is 2.69. The SMILES string of the molecule is [2H]C(CC(=O)O)[C@H](N)C(=O)O. The summed E-state index contributed by atoms with van der Waals surface area (Å²) in [4.78, 5) is 20.1. The molecule has 0 heterocycles. The summed E-state index contributed by atoms with van der Waals surface area (Å²) in [5.74, 6) is -2.58. The van der Waals surface area contributed by atoms with E-state index in [1.807, 2.05) is 0 Å². The first kappa shape index (κ1) is 7.01. The van der Waals surface area contributed by atoms with Crippen LogP contribution in [0.1, 0.15) is 14.2 Å². The van der Waals surface area contributed by atoms with Crippen molar-refractivity contribution in [1.82, 2.24) is 0 Å². The van der Waals surface area contributed by atoms with Gasteiger partial charge in [-0.15, -0.1) is 0 Å². The highest BCUT2D eigenvalue weighted by atomic mass is 16.4. The lowest BCUT2D eigenvalue weighted by molar-refractivity contribution is -0.139. The molecule has 0 bridgehead atoms. The minimum atomic E-state index is -1.42. The molecule has 0 aromatic rings. The number of carboxylic acids is 2. The van der Waals surface area contributed by atoms with Crippen LogP contribution in [0.3, 0.4) is 0 Å². The molecule has 0 radical (unpaired) electrons. The fourth-order valence-electron chi connectivity index (χ4n) is 0.329. The maximum Gasteiger partial charge on any atom is 0.320 e. The van der Waals surface area contributed by atoms with Gasteiger partial charge in [0, 0.05) is 7.79 Å². The molecule has 0 saturated carbocycles. The molecule has 5 nitrogen and oxygen atoms in total. The van der Waals surface area contributed by atoms with E-state index in [9.17, 15) is 9.59 Å². The summed E-state index contributed by atoms with van der Waals surface area (Å²) in [7, 11) is 0. The number of carbonyl (C=O) groups is 2. The van der Waals surface area contributed by atoms with Crippen LogP contribution in [0.15, 0.2) is 0 Å². The number of carboxylic acid groups (broad SMARTS) is 2. The van der Waals surface area contributed by atoms with Gasteiger partial charge in [0.2, 0.25) is 0 Å². The van der Waals surface area contributed by atoms with Crippen LogP contribution >= 0.6 is 0 Å². The van der Waals surface area contributed by atoms with Gasteiger partial charge in [-0.1, -0.05) is 0 Å². The topological polar surface area (TPSA) is 101 Å². The molecule has 0 aromatic heterocycles. The molecule has 58 valence electrons. The summed E-state index contributed by atoms with van der Waals surface area (Å²) < 4.78 is 6.95. The average molecular weight is 148 g/mol.